The fourth-order valence-corrected chi connectivity index (χ4v) is 2.26. The largest absolute Gasteiger partial charge is 1.00 e. The highest BCUT2D eigenvalue weighted by molar-refractivity contribution is 8.14. The van der Waals surface area contributed by atoms with E-state index in [-0.39, 0.29) is 17.0 Å². The lowest BCUT2D eigenvalue weighted by molar-refractivity contribution is -0.107. The second-order valence-corrected chi connectivity index (χ2v) is 4.76. The Morgan fingerprint density at radius 1 is 1.00 bits per heavy atom. The van der Waals surface area contributed by atoms with E-state index >= 15 is 0 Å². The van der Waals surface area contributed by atoms with Crippen molar-refractivity contribution in [1.29, 1.82) is 0 Å². The maximum Gasteiger partial charge on any atom is 0.243 e. The molecule has 0 saturated heterocycles. The average molecular weight is 308 g/mol. The van der Waals surface area contributed by atoms with Crippen molar-refractivity contribution in [3.05, 3.63) is 65.7 Å². The van der Waals surface area contributed by atoms with E-state index in [0.717, 1.165) is 10.6 Å². The van der Waals surface area contributed by atoms with Crippen molar-refractivity contribution in [2.75, 3.05) is 0 Å². The molecule has 0 unspecified atom stereocenters. The van der Waals surface area contributed by atoms with Gasteiger partial charge >= 0.3 is 0 Å². The van der Waals surface area contributed by atoms with Crippen LogP contribution in [0.15, 0.2) is 59.5 Å². The van der Waals surface area contributed by atoms with Crippen molar-refractivity contribution in [3.8, 4) is 0 Å². The molecule has 0 radical (unpaired) electrons. The van der Waals surface area contributed by atoms with Gasteiger partial charge in [-0.1, -0.05) is 35.9 Å². The number of hydrogen-bond donors (Lipinski definition) is 1. The van der Waals surface area contributed by atoms with Gasteiger partial charge in [-0.2, -0.15) is 0 Å². The van der Waals surface area contributed by atoms with Crippen LogP contribution < -0.4 is 22.4 Å². The Labute approximate surface area is 117 Å². The van der Waals surface area contributed by atoms with Crippen molar-refractivity contribution in [2.24, 2.45) is 0 Å². The summed E-state index contributed by atoms with van der Waals surface area (Å²) in [6.45, 7) is 2.07. The van der Waals surface area contributed by atoms with Gasteiger partial charge in [0.2, 0.25) is 5.04 Å². The molecule has 3 heteroatoms. The van der Waals surface area contributed by atoms with Crippen molar-refractivity contribution in [1.82, 2.24) is 0 Å². The first-order chi connectivity index (χ1) is 7.75. The van der Waals surface area contributed by atoms with E-state index in [1.54, 1.807) is 11.8 Å². The molecule has 0 fully saturated rings. The van der Waals surface area contributed by atoms with Gasteiger partial charge in [-0.25, -0.2) is 5.41 Å². The van der Waals surface area contributed by atoms with Gasteiger partial charge in [-0.15, -0.1) is 0 Å². The Balaban J connectivity index is 0.00000144. The van der Waals surface area contributed by atoms with Gasteiger partial charge < -0.3 is 17.0 Å². The Morgan fingerprint density at radius 3 is 2.35 bits per heavy atom. The van der Waals surface area contributed by atoms with Crippen LogP contribution in [0.3, 0.4) is 0 Å². The molecule has 0 spiro atoms. The first kappa shape index (κ1) is 14.0. The highest BCUT2D eigenvalue weighted by Crippen LogP contribution is 2.20. The molecule has 0 aliphatic carbocycles. The zero-order valence-corrected chi connectivity index (χ0v) is 12.0. The molecule has 2 aromatic rings. The summed E-state index contributed by atoms with van der Waals surface area (Å²) in [6.07, 6.45) is 0. The monoisotopic (exact) mass is 307 g/mol. The zero-order valence-electron chi connectivity index (χ0n) is 9.56. The molecule has 0 amide bonds. The summed E-state index contributed by atoms with van der Waals surface area (Å²) in [5.74, 6) is 0. The van der Waals surface area contributed by atoms with E-state index in [1.165, 1.54) is 10.5 Å². The standard InChI is InChI=1S/C14H13NS.BrH/c1-11-6-5-7-12(10-11)14(15)16-13-8-3-2-4-9-13;/h2-10,15H,1H3;1H. The molecule has 1 nitrogen and oxygen atoms in total. The topological polar surface area (TPSA) is 25.6 Å². The number of rotatable bonds is 2. The van der Waals surface area contributed by atoms with Crippen LogP contribution in [-0.2, 0) is 0 Å². The van der Waals surface area contributed by atoms with Crippen LogP contribution in [0.2, 0.25) is 0 Å². The lowest BCUT2D eigenvalue weighted by Gasteiger charge is -2.00. The number of benzene rings is 2. The van der Waals surface area contributed by atoms with Crippen LogP contribution in [0.5, 0.6) is 0 Å². The van der Waals surface area contributed by atoms with E-state index in [0.29, 0.717) is 0 Å². The molecule has 88 valence electrons. The summed E-state index contributed by atoms with van der Waals surface area (Å²) in [7, 11) is 0. The second kappa shape index (κ2) is 6.62. The molecule has 0 saturated carbocycles. The summed E-state index contributed by atoms with van der Waals surface area (Å²) in [4.78, 5) is 1.17. The lowest BCUT2D eigenvalue weighted by Crippen LogP contribution is -3.00. The maximum absolute atomic E-state index is 6.08. The molecule has 17 heavy (non-hydrogen) atoms. The van der Waals surface area contributed by atoms with Crippen LogP contribution in [0, 0.1) is 6.92 Å². The lowest BCUT2D eigenvalue weighted by atomic mass is 10.1. The maximum atomic E-state index is 6.08. The van der Waals surface area contributed by atoms with E-state index in [4.69, 9.17) is 5.41 Å². The number of hydrogen-bond acceptors (Lipinski definition) is 1. The van der Waals surface area contributed by atoms with Gasteiger partial charge in [0.1, 0.15) is 0 Å². The molecule has 2 N–H and O–H groups in total. The van der Waals surface area contributed by atoms with E-state index in [9.17, 15) is 0 Å². The van der Waals surface area contributed by atoms with Crippen LogP contribution in [0.4, 0.5) is 0 Å². The summed E-state index contributed by atoms with van der Waals surface area (Å²) >= 11 is 1.60. The molecule has 0 aliphatic heterocycles. The van der Waals surface area contributed by atoms with Gasteiger partial charge in [-0.3, -0.25) is 0 Å². The van der Waals surface area contributed by atoms with Gasteiger partial charge in [0.25, 0.3) is 0 Å². The fraction of sp³-hybridized carbons (Fsp3) is 0.0714. The van der Waals surface area contributed by atoms with Crippen LogP contribution in [-0.4, -0.2) is 5.04 Å². The molecular formula is C14H14BrNS. The summed E-state index contributed by atoms with van der Waals surface area (Å²) in [6, 6.07) is 18.4. The molecule has 0 aliphatic rings. The SMILES string of the molecule is Cc1cccc(C(=[NH2+])Sc2ccccc2)c1.[Br-]. The van der Waals surface area contributed by atoms with E-state index < -0.39 is 0 Å². The summed E-state index contributed by atoms with van der Waals surface area (Å²) < 4.78 is 0. The van der Waals surface area contributed by atoms with Crippen molar-refractivity contribution in [2.45, 2.75) is 11.8 Å². The molecule has 2 rings (SSSR count). The third kappa shape index (κ3) is 4.02. The predicted octanol–water partition coefficient (Wildman–Crippen LogP) is -0.703. The third-order valence-electron chi connectivity index (χ3n) is 2.27. The minimum Gasteiger partial charge on any atom is -1.00 e. The molecule has 0 bridgehead atoms. The minimum atomic E-state index is 0. The smallest absolute Gasteiger partial charge is 0.243 e. The van der Waals surface area contributed by atoms with Gasteiger partial charge in [0, 0.05) is 4.90 Å². The second-order valence-electron chi connectivity index (χ2n) is 3.65. The number of nitrogens with two attached hydrogens (primary N) is 1. The van der Waals surface area contributed by atoms with Gasteiger partial charge in [-0.05, 0) is 43.0 Å². The number of thioether (sulfide) groups is 1. The third-order valence-corrected chi connectivity index (χ3v) is 3.24. The van der Waals surface area contributed by atoms with Gasteiger partial charge in [0.15, 0.2) is 0 Å². The quantitative estimate of drug-likeness (QED) is 0.443. The van der Waals surface area contributed by atoms with Crippen LogP contribution >= 0.6 is 11.8 Å². The first-order valence-corrected chi connectivity index (χ1v) is 6.00. The normalized spacial score (nSPS) is 9.47. The van der Waals surface area contributed by atoms with Crippen LogP contribution in [0.1, 0.15) is 11.1 Å². The zero-order chi connectivity index (χ0) is 11.4. The Morgan fingerprint density at radius 2 is 1.71 bits per heavy atom. The highest BCUT2D eigenvalue weighted by atomic mass is 79.9. The molecule has 0 aromatic heterocycles. The summed E-state index contributed by atoms with van der Waals surface area (Å²) in [5, 5.41) is 6.92. The molecule has 0 atom stereocenters. The molecular weight excluding hydrogens is 294 g/mol. The Hall–Kier alpha value is -1.06. The first-order valence-electron chi connectivity index (χ1n) is 5.18. The van der Waals surface area contributed by atoms with Crippen molar-refractivity contribution >= 4 is 16.8 Å². The van der Waals surface area contributed by atoms with Crippen molar-refractivity contribution < 1.29 is 22.4 Å². The predicted molar refractivity (Wildman–Crippen MR) is 69.5 cm³/mol. The fourth-order valence-electron chi connectivity index (χ4n) is 1.47. The number of aryl methyl sites for hydroxylation is 1. The van der Waals surface area contributed by atoms with Crippen LogP contribution in [0.25, 0.3) is 0 Å². The molecule has 0 heterocycles. The average Bonchev–Trinajstić information content (AvgIpc) is 2.30. The summed E-state index contributed by atoms with van der Waals surface area (Å²) in [5.41, 5.74) is 2.32. The van der Waals surface area contributed by atoms with Gasteiger partial charge in [0.05, 0.1) is 5.56 Å². The number of halogens is 1. The highest BCUT2D eigenvalue weighted by Gasteiger charge is 2.08. The Bertz CT molecular complexity index is 497. The van der Waals surface area contributed by atoms with E-state index in [2.05, 4.69) is 31.2 Å². The minimum absolute atomic E-state index is 0. The van der Waals surface area contributed by atoms with E-state index in [1.807, 2.05) is 30.3 Å². The Kier molecular flexibility index (Phi) is 5.45. The molecule has 2 aromatic carbocycles. The van der Waals surface area contributed by atoms with Crippen molar-refractivity contribution in [3.63, 3.8) is 0 Å².